The summed E-state index contributed by atoms with van der Waals surface area (Å²) in [5.74, 6) is 1.07. The van der Waals surface area contributed by atoms with Crippen LogP contribution in [0.3, 0.4) is 0 Å². The van der Waals surface area contributed by atoms with Crippen molar-refractivity contribution >= 4 is 17.3 Å². The second-order valence-electron chi connectivity index (χ2n) is 3.53. The van der Waals surface area contributed by atoms with Gasteiger partial charge in [-0.25, -0.2) is 4.98 Å². The molecule has 0 atom stereocenters. The van der Waals surface area contributed by atoms with Crippen LogP contribution in [0.2, 0.25) is 0 Å². The maximum Gasteiger partial charge on any atom is 0.269 e. The molecule has 1 aromatic carbocycles. The molecule has 0 unspecified atom stereocenters. The van der Waals surface area contributed by atoms with Crippen molar-refractivity contribution in [2.75, 3.05) is 0 Å². The van der Waals surface area contributed by atoms with Gasteiger partial charge in [0.05, 0.1) is 10.8 Å². The van der Waals surface area contributed by atoms with Gasteiger partial charge in [0.2, 0.25) is 0 Å². The summed E-state index contributed by atoms with van der Waals surface area (Å²) in [7, 11) is 0. The Kier molecular flexibility index (Phi) is 3.39. The Balaban J connectivity index is 2.24. The summed E-state index contributed by atoms with van der Waals surface area (Å²) in [6, 6.07) is 6.54. The molecule has 0 fully saturated rings. The molecule has 88 valence electrons. The van der Waals surface area contributed by atoms with Crippen LogP contribution in [-0.4, -0.2) is 14.5 Å². The summed E-state index contributed by atoms with van der Waals surface area (Å²) in [5.41, 5.74) is 0.943. The Morgan fingerprint density at radius 2 is 2.29 bits per heavy atom. The first-order valence-corrected chi connectivity index (χ1v) is 5.53. The molecule has 0 saturated carbocycles. The quantitative estimate of drug-likeness (QED) is 0.477. The molecule has 0 aliphatic rings. The average Bonchev–Trinajstić information content (AvgIpc) is 2.76. The van der Waals surface area contributed by atoms with Crippen molar-refractivity contribution in [3.05, 3.63) is 58.2 Å². The van der Waals surface area contributed by atoms with Crippen molar-refractivity contribution in [2.45, 2.75) is 12.4 Å². The van der Waals surface area contributed by atoms with Gasteiger partial charge in [-0.05, 0) is 5.56 Å². The first kappa shape index (κ1) is 11.6. The second kappa shape index (κ2) is 4.97. The zero-order chi connectivity index (χ0) is 12.3. The average molecular weight is 252 g/mol. The zero-order valence-electron chi connectivity index (χ0n) is 8.91. The second-order valence-corrected chi connectivity index (χ2v) is 3.80. The molecule has 1 heterocycles. The number of non-ortho nitro benzene ring substituents is 1. The van der Waals surface area contributed by atoms with E-state index in [1.807, 2.05) is 10.6 Å². The lowest BCUT2D eigenvalue weighted by Gasteiger charge is -2.05. The Bertz CT molecular complexity index is 539. The fourth-order valence-corrected chi connectivity index (χ4v) is 1.80. The van der Waals surface area contributed by atoms with Crippen molar-refractivity contribution in [1.29, 1.82) is 0 Å². The summed E-state index contributed by atoms with van der Waals surface area (Å²) < 4.78 is 1.87. The van der Waals surface area contributed by atoms with Crippen LogP contribution in [0.15, 0.2) is 36.7 Å². The minimum Gasteiger partial charge on any atom is -0.330 e. The number of alkyl halides is 1. The third-order valence-electron chi connectivity index (χ3n) is 2.40. The van der Waals surface area contributed by atoms with Crippen LogP contribution in [0.25, 0.3) is 0 Å². The van der Waals surface area contributed by atoms with Crippen molar-refractivity contribution in [2.24, 2.45) is 0 Å². The highest BCUT2D eigenvalue weighted by Gasteiger charge is 2.07. The Hall–Kier alpha value is -1.88. The normalized spacial score (nSPS) is 10.4. The summed E-state index contributed by atoms with van der Waals surface area (Å²) in [6.45, 7) is 0.531. The molecule has 5 nitrogen and oxygen atoms in total. The molecule has 0 N–H and O–H groups in total. The first-order valence-electron chi connectivity index (χ1n) is 5.00. The van der Waals surface area contributed by atoms with Crippen LogP contribution in [-0.2, 0) is 12.4 Å². The molecular formula is C11H10ClN3O2. The number of aromatic nitrogens is 2. The van der Waals surface area contributed by atoms with Crippen LogP contribution in [0.5, 0.6) is 0 Å². The lowest BCUT2D eigenvalue weighted by atomic mass is 10.2. The fourth-order valence-electron chi connectivity index (χ4n) is 1.58. The van der Waals surface area contributed by atoms with Crippen molar-refractivity contribution < 1.29 is 4.92 Å². The molecule has 1 aromatic heterocycles. The number of hydrogen-bond donors (Lipinski definition) is 0. The predicted octanol–water partition coefficient (Wildman–Crippen LogP) is 2.58. The zero-order valence-corrected chi connectivity index (χ0v) is 9.67. The van der Waals surface area contributed by atoms with Gasteiger partial charge in [-0.15, -0.1) is 11.6 Å². The van der Waals surface area contributed by atoms with Gasteiger partial charge in [-0.1, -0.05) is 12.1 Å². The molecular weight excluding hydrogens is 242 g/mol. The lowest BCUT2D eigenvalue weighted by Crippen LogP contribution is -2.03. The van der Waals surface area contributed by atoms with Crippen LogP contribution in [0, 0.1) is 10.1 Å². The number of nitro groups is 1. The summed E-state index contributed by atoms with van der Waals surface area (Å²) in [4.78, 5) is 14.3. The summed E-state index contributed by atoms with van der Waals surface area (Å²) in [6.07, 6.45) is 3.46. The van der Waals surface area contributed by atoms with E-state index in [0.717, 1.165) is 11.4 Å². The van der Waals surface area contributed by atoms with E-state index in [-0.39, 0.29) is 5.69 Å². The van der Waals surface area contributed by atoms with Gasteiger partial charge in [-0.3, -0.25) is 10.1 Å². The molecule has 0 aliphatic carbocycles. The monoisotopic (exact) mass is 251 g/mol. The predicted molar refractivity (Wildman–Crippen MR) is 64.0 cm³/mol. The minimum absolute atomic E-state index is 0.0926. The number of nitro benzene ring substituents is 1. The number of nitrogens with zero attached hydrogens (tertiary/aromatic N) is 3. The fraction of sp³-hybridized carbons (Fsp3) is 0.182. The first-order chi connectivity index (χ1) is 8.20. The molecule has 6 heteroatoms. The lowest BCUT2D eigenvalue weighted by molar-refractivity contribution is -0.384. The summed E-state index contributed by atoms with van der Waals surface area (Å²) in [5, 5.41) is 10.6. The van der Waals surface area contributed by atoms with Crippen LogP contribution in [0.1, 0.15) is 11.4 Å². The van der Waals surface area contributed by atoms with E-state index in [2.05, 4.69) is 4.98 Å². The Labute approximate surface area is 103 Å². The van der Waals surface area contributed by atoms with Gasteiger partial charge in [0, 0.05) is 31.1 Å². The van der Waals surface area contributed by atoms with Gasteiger partial charge < -0.3 is 4.57 Å². The minimum atomic E-state index is -0.403. The number of hydrogen-bond acceptors (Lipinski definition) is 3. The van der Waals surface area contributed by atoms with Crippen LogP contribution >= 0.6 is 11.6 Å². The van der Waals surface area contributed by atoms with E-state index in [1.165, 1.54) is 6.07 Å². The summed E-state index contributed by atoms with van der Waals surface area (Å²) >= 11 is 5.73. The Morgan fingerprint density at radius 1 is 1.47 bits per heavy atom. The van der Waals surface area contributed by atoms with E-state index in [1.54, 1.807) is 24.5 Å². The van der Waals surface area contributed by atoms with Gasteiger partial charge in [0.25, 0.3) is 5.69 Å². The van der Waals surface area contributed by atoms with Gasteiger partial charge in [0.15, 0.2) is 0 Å². The van der Waals surface area contributed by atoms with Crippen LogP contribution < -0.4 is 0 Å². The topological polar surface area (TPSA) is 61.0 Å². The number of halogens is 1. The number of rotatable bonds is 4. The highest BCUT2D eigenvalue weighted by Crippen LogP contribution is 2.15. The van der Waals surface area contributed by atoms with E-state index in [9.17, 15) is 10.1 Å². The molecule has 0 aliphatic heterocycles. The van der Waals surface area contributed by atoms with Gasteiger partial charge >= 0.3 is 0 Å². The number of benzene rings is 1. The largest absolute Gasteiger partial charge is 0.330 e. The third-order valence-corrected chi connectivity index (χ3v) is 2.63. The smallest absolute Gasteiger partial charge is 0.269 e. The molecule has 0 spiro atoms. The van der Waals surface area contributed by atoms with Gasteiger partial charge in [-0.2, -0.15) is 0 Å². The molecule has 0 amide bonds. The molecule has 0 bridgehead atoms. The van der Waals surface area contributed by atoms with Gasteiger partial charge in [0.1, 0.15) is 5.82 Å². The van der Waals surface area contributed by atoms with Crippen molar-refractivity contribution in [3.8, 4) is 0 Å². The highest BCUT2D eigenvalue weighted by molar-refractivity contribution is 6.16. The standard InChI is InChI=1S/C11H10ClN3O2/c12-7-11-13-4-5-14(11)8-9-2-1-3-10(6-9)15(16)17/h1-6H,7-8H2. The van der Waals surface area contributed by atoms with E-state index in [0.29, 0.717) is 12.4 Å². The van der Waals surface area contributed by atoms with Crippen molar-refractivity contribution in [1.82, 2.24) is 9.55 Å². The third kappa shape index (κ3) is 2.62. The molecule has 17 heavy (non-hydrogen) atoms. The maximum atomic E-state index is 10.6. The maximum absolute atomic E-state index is 10.6. The number of imidazole rings is 1. The highest BCUT2D eigenvalue weighted by atomic mass is 35.5. The molecule has 2 aromatic rings. The molecule has 2 rings (SSSR count). The van der Waals surface area contributed by atoms with Crippen molar-refractivity contribution in [3.63, 3.8) is 0 Å². The molecule has 0 saturated heterocycles. The van der Waals surface area contributed by atoms with E-state index in [4.69, 9.17) is 11.6 Å². The Morgan fingerprint density at radius 3 is 3.00 bits per heavy atom. The van der Waals surface area contributed by atoms with E-state index < -0.39 is 4.92 Å². The molecule has 0 radical (unpaired) electrons. The van der Waals surface area contributed by atoms with E-state index >= 15 is 0 Å². The van der Waals surface area contributed by atoms with Crippen LogP contribution in [0.4, 0.5) is 5.69 Å². The SMILES string of the molecule is O=[N+]([O-])c1cccc(Cn2ccnc2CCl)c1.